The summed E-state index contributed by atoms with van der Waals surface area (Å²) in [6, 6.07) is 8.05. The van der Waals surface area contributed by atoms with E-state index in [2.05, 4.69) is 18.1 Å². The van der Waals surface area contributed by atoms with E-state index in [-0.39, 0.29) is 6.04 Å². The molecule has 1 unspecified atom stereocenters. The molecule has 0 bridgehead atoms. The summed E-state index contributed by atoms with van der Waals surface area (Å²) in [4.78, 5) is 0. The highest BCUT2D eigenvalue weighted by Gasteiger charge is 2.09. The lowest BCUT2D eigenvalue weighted by Gasteiger charge is -2.16. The largest absolute Gasteiger partial charge is 0.271 e. The predicted octanol–water partition coefficient (Wildman–Crippen LogP) is 3.98. The number of halogens is 1. The fourth-order valence-corrected chi connectivity index (χ4v) is 2.08. The van der Waals surface area contributed by atoms with Crippen molar-refractivity contribution < 1.29 is 0 Å². The Morgan fingerprint density at radius 2 is 2.18 bits per heavy atom. The van der Waals surface area contributed by atoms with Crippen molar-refractivity contribution in [3.8, 4) is 0 Å². The van der Waals surface area contributed by atoms with Gasteiger partial charge in [-0.2, -0.15) is 0 Å². The first-order chi connectivity index (χ1) is 8.27. The smallest absolute Gasteiger partial charge is 0.0460 e. The molecule has 1 rings (SSSR count). The summed E-state index contributed by atoms with van der Waals surface area (Å²) in [5, 5.41) is 0.759. The molecule has 1 aromatic carbocycles. The third-order valence-corrected chi connectivity index (χ3v) is 3.09. The van der Waals surface area contributed by atoms with Crippen molar-refractivity contribution in [2.75, 3.05) is 0 Å². The Hall–Kier alpha value is -0.830. The van der Waals surface area contributed by atoms with Crippen molar-refractivity contribution in [2.45, 2.75) is 38.1 Å². The van der Waals surface area contributed by atoms with Crippen molar-refractivity contribution in [3.05, 3.63) is 47.5 Å². The first kappa shape index (κ1) is 14.2. The third-order valence-electron chi connectivity index (χ3n) is 2.85. The number of hydrogen-bond donors (Lipinski definition) is 2. The van der Waals surface area contributed by atoms with Gasteiger partial charge in [0.05, 0.1) is 0 Å². The van der Waals surface area contributed by atoms with Crippen molar-refractivity contribution in [1.82, 2.24) is 5.43 Å². The molecule has 2 nitrogen and oxygen atoms in total. The van der Waals surface area contributed by atoms with Crippen LogP contribution in [0.25, 0.3) is 0 Å². The molecule has 0 aliphatic carbocycles. The zero-order valence-electron chi connectivity index (χ0n) is 10.2. The lowest BCUT2D eigenvalue weighted by molar-refractivity contribution is 0.484. The molecule has 0 spiro atoms. The zero-order valence-corrected chi connectivity index (χ0v) is 10.9. The summed E-state index contributed by atoms with van der Waals surface area (Å²) in [6.07, 6.45) is 7.68. The Kier molecular flexibility index (Phi) is 6.94. The Balaban J connectivity index is 2.40. The quantitative estimate of drug-likeness (QED) is 0.318. The van der Waals surface area contributed by atoms with Gasteiger partial charge >= 0.3 is 0 Å². The van der Waals surface area contributed by atoms with Crippen molar-refractivity contribution in [3.63, 3.8) is 0 Å². The normalized spacial score (nSPS) is 12.4. The Labute approximate surface area is 109 Å². The molecule has 17 heavy (non-hydrogen) atoms. The zero-order chi connectivity index (χ0) is 12.5. The highest BCUT2D eigenvalue weighted by atomic mass is 35.5. The SMILES string of the molecule is C=CCCCCCC(NN)c1cccc(Cl)c1. The van der Waals surface area contributed by atoms with Gasteiger partial charge in [-0.05, 0) is 37.0 Å². The molecule has 0 radical (unpaired) electrons. The predicted molar refractivity (Wildman–Crippen MR) is 74.8 cm³/mol. The fourth-order valence-electron chi connectivity index (χ4n) is 1.88. The van der Waals surface area contributed by atoms with E-state index in [4.69, 9.17) is 17.4 Å². The summed E-state index contributed by atoms with van der Waals surface area (Å²) in [5.74, 6) is 5.59. The standard InChI is InChI=1S/C14H21ClN2/c1-2-3-4-5-6-10-14(17-16)12-8-7-9-13(15)11-12/h2,7-9,11,14,17H,1,3-6,10,16H2. The van der Waals surface area contributed by atoms with E-state index in [0.29, 0.717) is 0 Å². The number of unbranched alkanes of at least 4 members (excludes halogenated alkanes) is 3. The molecular weight excluding hydrogens is 232 g/mol. The molecule has 0 amide bonds. The molecular formula is C14H21ClN2. The van der Waals surface area contributed by atoms with Crippen LogP contribution in [0.15, 0.2) is 36.9 Å². The van der Waals surface area contributed by atoms with Crippen molar-refractivity contribution in [2.24, 2.45) is 5.84 Å². The van der Waals surface area contributed by atoms with Crippen LogP contribution in [0.5, 0.6) is 0 Å². The van der Waals surface area contributed by atoms with Gasteiger partial charge in [-0.3, -0.25) is 11.3 Å². The van der Waals surface area contributed by atoms with E-state index < -0.39 is 0 Å². The summed E-state index contributed by atoms with van der Waals surface area (Å²) in [6.45, 7) is 3.72. The average Bonchev–Trinajstić information content (AvgIpc) is 2.34. The molecule has 3 heteroatoms. The fraction of sp³-hybridized carbons (Fsp3) is 0.429. The van der Waals surface area contributed by atoms with E-state index in [0.717, 1.165) is 29.8 Å². The molecule has 1 atom stereocenters. The molecule has 0 aromatic heterocycles. The minimum atomic E-state index is 0.192. The molecule has 0 saturated heterocycles. The topological polar surface area (TPSA) is 38.0 Å². The highest BCUT2D eigenvalue weighted by molar-refractivity contribution is 6.30. The summed E-state index contributed by atoms with van der Waals surface area (Å²) < 4.78 is 0. The second-order valence-corrected chi connectivity index (χ2v) is 4.64. The van der Waals surface area contributed by atoms with Gasteiger partial charge in [-0.25, -0.2) is 0 Å². The molecule has 0 heterocycles. The Morgan fingerprint density at radius 1 is 1.35 bits per heavy atom. The third kappa shape index (κ3) is 5.35. The van der Waals surface area contributed by atoms with E-state index in [1.807, 2.05) is 24.3 Å². The number of allylic oxidation sites excluding steroid dienone is 1. The highest BCUT2D eigenvalue weighted by Crippen LogP contribution is 2.22. The van der Waals surface area contributed by atoms with Gasteiger partial charge in [-0.15, -0.1) is 6.58 Å². The molecule has 0 saturated carbocycles. The maximum absolute atomic E-state index is 5.97. The average molecular weight is 253 g/mol. The maximum Gasteiger partial charge on any atom is 0.0460 e. The van der Waals surface area contributed by atoms with Gasteiger partial charge in [0.1, 0.15) is 0 Å². The Morgan fingerprint density at radius 3 is 2.82 bits per heavy atom. The molecule has 3 N–H and O–H groups in total. The van der Waals surface area contributed by atoms with Crippen LogP contribution in [0.3, 0.4) is 0 Å². The van der Waals surface area contributed by atoms with Crippen molar-refractivity contribution >= 4 is 11.6 Å². The molecule has 0 fully saturated rings. The van der Waals surface area contributed by atoms with E-state index >= 15 is 0 Å². The van der Waals surface area contributed by atoms with Crippen LogP contribution in [-0.2, 0) is 0 Å². The van der Waals surface area contributed by atoms with Gasteiger partial charge in [0, 0.05) is 11.1 Å². The Bertz CT molecular complexity index is 339. The maximum atomic E-state index is 5.97. The molecule has 0 aliphatic heterocycles. The van der Waals surface area contributed by atoms with Crippen LogP contribution in [0, 0.1) is 0 Å². The number of nitrogens with one attached hydrogen (secondary N) is 1. The first-order valence-corrected chi connectivity index (χ1v) is 6.48. The minimum absolute atomic E-state index is 0.192. The van der Waals surface area contributed by atoms with E-state index in [1.54, 1.807) is 0 Å². The number of nitrogens with two attached hydrogens (primary N) is 1. The lowest BCUT2D eigenvalue weighted by atomic mass is 10.0. The van der Waals surface area contributed by atoms with Crippen LogP contribution in [0.4, 0.5) is 0 Å². The van der Waals surface area contributed by atoms with Gasteiger partial charge in [-0.1, -0.05) is 42.7 Å². The minimum Gasteiger partial charge on any atom is -0.271 e. The van der Waals surface area contributed by atoms with E-state index in [9.17, 15) is 0 Å². The molecule has 1 aromatic rings. The molecule has 94 valence electrons. The van der Waals surface area contributed by atoms with Gasteiger partial charge < -0.3 is 0 Å². The van der Waals surface area contributed by atoms with Gasteiger partial charge in [0.25, 0.3) is 0 Å². The molecule has 0 aliphatic rings. The monoisotopic (exact) mass is 252 g/mol. The number of hydrazine groups is 1. The van der Waals surface area contributed by atoms with Crippen molar-refractivity contribution in [1.29, 1.82) is 0 Å². The first-order valence-electron chi connectivity index (χ1n) is 6.10. The van der Waals surface area contributed by atoms with Crippen LogP contribution in [0.1, 0.15) is 43.7 Å². The summed E-state index contributed by atoms with van der Waals surface area (Å²) in [5.41, 5.74) is 4.01. The second kappa shape index (κ2) is 8.29. The number of benzene rings is 1. The summed E-state index contributed by atoms with van der Waals surface area (Å²) >= 11 is 5.97. The van der Waals surface area contributed by atoms with Crippen LogP contribution in [0.2, 0.25) is 5.02 Å². The van der Waals surface area contributed by atoms with Gasteiger partial charge in [0.2, 0.25) is 0 Å². The van der Waals surface area contributed by atoms with Gasteiger partial charge in [0.15, 0.2) is 0 Å². The lowest BCUT2D eigenvalue weighted by Crippen LogP contribution is -2.27. The van der Waals surface area contributed by atoms with E-state index in [1.165, 1.54) is 12.8 Å². The summed E-state index contributed by atoms with van der Waals surface area (Å²) in [7, 11) is 0. The van der Waals surface area contributed by atoms with Crippen LogP contribution >= 0.6 is 11.6 Å². The second-order valence-electron chi connectivity index (χ2n) is 4.20. The number of hydrogen-bond acceptors (Lipinski definition) is 2. The van der Waals surface area contributed by atoms with Crippen LogP contribution in [-0.4, -0.2) is 0 Å². The van der Waals surface area contributed by atoms with Crippen LogP contribution < -0.4 is 11.3 Å². The number of rotatable bonds is 8.